The van der Waals surface area contributed by atoms with Crippen LogP contribution in [0.5, 0.6) is 0 Å². The van der Waals surface area contributed by atoms with Crippen molar-refractivity contribution < 1.29 is 9.59 Å². The highest BCUT2D eigenvalue weighted by Gasteiger charge is 2.33. The number of nitrogens with zero attached hydrogens (tertiary/aromatic N) is 3. The van der Waals surface area contributed by atoms with Crippen molar-refractivity contribution in [2.75, 3.05) is 11.4 Å². The number of para-hydroxylation sites is 3. The Balaban J connectivity index is 1.40. The quantitative estimate of drug-likeness (QED) is 0.327. The van der Waals surface area contributed by atoms with Crippen LogP contribution in [-0.4, -0.2) is 33.9 Å². The molecule has 2 aliphatic heterocycles. The first-order valence-electron chi connectivity index (χ1n) is 12.7. The Morgan fingerprint density at radius 2 is 1.69 bits per heavy atom. The molecule has 0 radical (unpaired) electrons. The highest BCUT2D eigenvalue weighted by Crippen LogP contribution is 2.42. The largest absolute Gasteiger partial charge is 0.338 e. The maximum atomic E-state index is 13.7. The number of piperidine rings is 1. The molecular formula is C31H29N3O2. The number of hydrogen-bond acceptors (Lipinski definition) is 2. The Hall–Kier alpha value is -4.12. The third-order valence-corrected chi connectivity index (χ3v) is 7.43. The summed E-state index contributed by atoms with van der Waals surface area (Å²) in [5.74, 6) is 0.108. The maximum absolute atomic E-state index is 13.7. The van der Waals surface area contributed by atoms with Crippen molar-refractivity contribution in [1.29, 1.82) is 0 Å². The van der Waals surface area contributed by atoms with E-state index in [2.05, 4.69) is 13.0 Å². The summed E-state index contributed by atoms with van der Waals surface area (Å²) in [4.78, 5) is 30.7. The average Bonchev–Trinajstić information content (AvgIpc) is 3.39. The van der Waals surface area contributed by atoms with E-state index in [0.717, 1.165) is 52.8 Å². The monoisotopic (exact) mass is 475 g/mol. The predicted molar refractivity (Wildman–Crippen MR) is 145 cm³/mol. The summed E-state index contributed by atoms with van der Waals surface area (Å²) >= 11 is 0. The smallest absolute Gasteiger partial charge is 0.263 e. The summed E-state index contributed by atoms with van der Waals surface area (Å²) < 4.78 is 2.03. The molecule has 6 rings (SSSR count). The van der Waals surface area contributed by atoms with Gasteiger partial charge in [-0.3, -0.25) is 14.5 Å². The minimum absolute atomic E-state index is 0.0440. The Bertz CT molecular complexity index is 1480. The third kappa shape index (κ3) is 3.81. The number of amides is 2. The summed E-state index contributed by atoms with van der Waals surface area (Å²) in [7, 11) is 0. The molecule has 0 bridgehead atoms. The molecule has 4 aromatic rings. The first-order valence-corrected chi connectivity index (χ1v) is 12.7. The molecule has 180 valence electrons. The summed E-state index contributed by atoms with van der Waals surface area (Å²) in [6.07, 6.45) is 7.32. The number of carbonyl (C=O) groups excluding carboxylic acids is 2. The predicted octanol–water partition coefficient (Wildman–Crippen LogP) is 6.26. The number of likely N-dealkylation sites (tertiary alicyclic amines) is 1. The number of rotatable bonds is 4. The van der Waals surface area contributed by atoms with Crippen LogP contribution in [0, 0.1) is 0 Å². The average molecular weight is 476 g/mol. The van der Waals surface area contributed by atoms with Crippen LogP contribution < -0.4 is 4.90 Å². The first kappa shape index (κ1) is 22.4. The van der Waals surface area contributed by atoms with Crippen molar-refractivity contribution in [3.63, 3.8) is 0 Å². The van der Waals surface area contributed by atoms with Crippen molar-refractivity contribution in [1.82, 2.24) is 9.47 Å². The standard InChI is InChI=1S/C31H29N3O2/c1-22-11-9-10-18-33(22)30(35)21-32-20-23(25-14-5-7-16-28(25)32)19-27-26-15-6-8-17-29(26)34(31(27)36)24-12-3-2-4-13-24/h2-8,12-17,19-20,22H,9-11,18,21H2,1H3/b27-19+/t22-/m0/s1. The Morgan fingerprint density at radius 1 is 0.944 bits per heavy atom. The van der Waals surface area contributed by atoms with Gasteiger partial charge in [-0.25, -0.2) is 0 Å². The summed E-state index contributed by atoms with van der Waals surface area (Å²) in [6, 6.07) is 26.1. The van der Waals surface area contributed by atoms with Crippen LogP contribution >= 0.6 is 0 Å². The second-order valence-electron chi connectivity index (χ2n) is 9.71. The highest BCUT2D eigenvalue weighted by molar-refractivity contribution is 6.38. The topological polar surface area (TPSA) is 45.6 Å². The molecular weight excluding hydrogens is 446 g/mol. The molecule has 1 atom stereocenters. The molecule has 1 aromatic heterocycles. The lowest BCUT2D eigenvalue weighted by atomic mass is 10.0. The molecule has 1 fully saturated rings. The molecule has 0 unspecified atom stereocenters. The maximum Gasteiger partial charge on any atom is 0.263 e. The van der Waals surface area contributed by atoms with E-state index < -0.39 is 0 Å². The number of carbonyl (C=O) groups is 2. The molecule has 5 nitrogen and oxygen atoms in total. The molecule has 3 aromatic carbocycles. The van der Waals surface area contributed by atoms with E-state index in [1.165, 1.54) is 6.42 Å². The number of fused-ring (bicyclic) bond motifs is 2. The molecule has 3 heterocycles. The lowest BCUT2D eigenvalue weighted by Gasteiger charge is -2.33. The molecule has 2 amide bonds. The fourth-order valence-electron chi connectivity index (χ4n) is 5.60. The second-order valence-corrected chi connectivity index (χ2v) is 9.71. The van der Waals surface area contributed by atoms with Crippen LogP contribution in [0.4, 0.5) is 11.4 Å². The van der Waals surface area contributed by atoms with Crippen LogP contribution in [0.2, 0.25) is 0 Å². The van der Waals surface area contributed by atoms with E-state index in [9.17, 15) is 9.59 Å². The van der Waals surface area contributed by atoms with Gasteiger partial charge in [-0.05, 0) is 56.5 Å². The Labute approximate surface area is 211 Å². The van der Waals surface area contributed by atoms with Gasteiger partial charge in [0.2, 0.25) is 5.91 Å². The van der Waals surface area contributed by atoms with E-state index in [1.54, 1.807) is 4.90 Å². The van der Waals surface area contributed by atoms with Gasteiger partial charge in [-0.1, -0.05) is 54.6 Å². The van der Waals surface area contributed by atoms with E-state index in [-0.39, 0.29) is 17.9 Å². The fourth-order valence-corrected chi connectivity index (χ4v) is 5.60. The van der Waals surface area contributed by atoms with Crippen LogP contribution in [0.25, 0.3) is 22.6 Å². The van der Waals surface area contributed by atoms with Gasteiger partial charge in [-0.15, -0.1) is 0 Å². The molecule has 0 aliphatic carbocycles. The molecule has 5 heteroatoms. The Morgan fingerprint density at radius 3 is 2.53 bits per heavy atom. The van der Waals surface area contributed by atoms with E-state index >= 15 is 0 Å². The van der Waals surface area contributed by atoms with Gasteiger partial charge >= 0.3 is 0 Å². The Kier molecular flexibility index (Phi) is 5.68. The molecule has 0 saturated carbocycles. The number of hydrogen-bond donors (Lipinski definition) is 0. The molecule has 1 saturated heterocycles. The number of aromatic nitrogens is 1. The van der Waals surface area contributed by atoms with Crippen LogP contribution in [-0.2, 0) is 16.1 Å². The zero-order valence-corrected chi connectivity index (χ0v) is 20.4. The third-order valence-electron chi connectivity index (χ3n) is 7.43. The van der Waals surface area contributed by atoms with Gasteiger partial charge in [0.1, 0.15) is 6.54 Å². The van der Waals surface area contributed by atoms with Crippen molar-refractivity contribution in [2.45, 2.75) is 38.8 Å². The fraction of sp³-hybridized carbons (Fsp3) is 0.226. The minimum Gasteiger partial charge on any atom is -0.338 e. The SMILES string of the molecule is C[C@H]1CCCCN1C(=O)Cn1cc(/C=C2/C(=O)N(c3ccccc3)c3ccccc32)c2ccccc21. The lowest BCUT2D eigenvalue weighted by Crippen LogP contribution is -2.43. The second kappa shape index (κ2) is 9.15. The molecule has 2 aliphatic rings. The number of anilines is 2. The van der Waals surface area contributed by atoms with Crippen LogP contribution in [0.15, 0.2) is 85.1 Å². The van der Waals surface area contributed by atoms with Gasteiger partial charge in [0.15, 0.2) is 0 Å². The summed E-state index contributed by atoms with van der Waals surface area (Å²) in [5.41, 5.74) is 5.26. The van der Waals surface area contributed by atoms with Crippen LogP contribution in [0.3, 0.4) is 0 Å². The molecule has 0 spiro atoms. The van der Waals surface area contributed by atoms with Crippen molar-refractivity contribution in [3.05, 3.63) is 96.2 Å². The van der Waals surface area contributed by atoms with Crippen molar-refractivity contribution >= 4 is 45.7 Å². The van der Waals surface area contributed by atoms with E-state index in [0.29, 0.717) is 12.1 Å². The minimum atomic E-state index is -0.0440. The van der Waals surface area contributed by atoms with Gasteiger partial charge in [0.25, 0.3) is 5.91 Å². The summed E-state index contributed by atoms with van der Waals surface area (Å²) in [6.45, 7) is 3.27. The van der Waals surface area contributed by atoms with Crippen molar-refractivity contribution in [2.24, 2.45) is 0 Å². The van der Waals surface area contributed by atoms with E-state index in [4.69, 9.17) is 0 Å². The van der Waals surface area contributed by atoms with Crippen LogP contribution in [0.1, 0.15) is 37.3 Å². The normalized spacial score (nSPS) is 18.8. The van der Waals surface area contributed by atoms with E-state index in [1.807, 2.05) is 94.5 Å². The van der Waals surface area contributed by atoms with Gasteiger partial charge < -0.3 is 9.47 Å². The number of benzene rings is 3. The van der Waals surface area contributed by atoms with Gasteiger partial charge in [0.05, 0.1) is 11.3 Å². The summed E-state index contributed by atoms with van der Waals surface area (Å²) in [5, 5.41) is 1.04. The molecule has 36 heavy (non-hydrogen) atoms. The zero-order valence-electron chi connectivity index (χ0n) is 20.4. The van der Waals surface area contributed by atoms with Gasteiger partial charge in [-0.2, -0.15) is 0 Å². The first-order chi connectivity index (χ1) is 17.6. The lowest BCUT2D eigenvalue weighted by molar-refractivity contribution is -0.135. The zero-order chi connectivity index (χ0) is 24.6. The van der Waals surface area contributed by atoms with Gasteiger partial charge in [0, 0.05) is 46.5 Å². The van der Waals surface area contributed by atoms with Crippen molar-refractivity contribution in [3.8, 4) is 0 Å². The molecule has 0 N–H and O–H groups in total. The highest BCUT2D eigenvalue weighted by atomic mass is 16.2.